The van der Waals surface area contributed by atoms with Gasteiger partial charge in [-0.25, -0.2) is 0 Å². The van der Waals surface area contributed by atoms with Crippen LogP contribution in [0.4, 0.5) is 0 Å². The third-order valence-corrected chi connectivity index (χ3v) is 10.3. The summed E-state index contributed by atoms with van der Waals surface area (Å²) in [5.41, 5.74) is 1.57. The Kier molecular flexibility index (Phi) is 6.20. The van der Waals surface area contributed by atoms with Crippen LogP contribution in [0.5, 0.6) is 0 Å². The van der Waals surface area contributed by atoms with E-state index in [2.05, 4.69) is 109 Å². The molecule has 1 heterocycles. The van der Waals surface area contributed by atoms with Gasteiger partial charge in [-0.2, -0.15) is 0 Å². The molecular formula is C33H24O3P2. The van der Waals surface area contributed by atoms with E-state index < -0.39 is 16.2 Å². The standard InChI is InChI=1S/C33H24O3P2/c1-3-13-26(14-4-1)37(27-15-5-2-6-16-27)23-34-38-35-30-21-19-24-11-7-9-17-28(24)32(30)33-29-18-10-8-12-25(29)20-22-31(33)36-38/h1-22H,23H2. The molecule has 0 spiro atoms. The molecule has 6 aromatic carbocycles. The summed E-state index contributed by atoms with van der Waals surface area (Å²) < 4.78 is 19.6. The summed E-state index contributed by atoms with van der Waals surface area (Å²) in [4.78, 5) is 0. The van der Waals surface area contributed by atoms with Crippen LogP contribution in [-0.2, 0) is 0 Å². The lowest BCUT2D eigenvalue weighted by molar-refractivity contribution is 0.436. The van der Waals surface area contributed by atoms with Crippen LogP contribution in [-0.4, -0.2) is 6.35 Å². The Hall–Kier alpha value is -3.87. The molecule has 1 aromatic heterocycles. The van der Waals surface area contributed by atoms with Crippen molar-refractivity contribution in [2.24, 2.45) is 0 Å². The minimum atomic E-state index is -1.68. The van der Waals surface area contributed by atoms with Gasteiger partial charge in [-0.1, -0.05) is 121 Å². The summed E-state index contributed by atoms with van der Waals surface area (Å²) in [5, 5.41) is 9.23. The summed E-state index contributed by atoms with van der Waals surface area (Å²) in [6, 6.07) is 46.3. The highest BCUT2D eigenvalue weighted by Gasteiger charge is 2.17. The van der Waals surface area contributed by atoms with Crippen LogP contribution >= 0.6 is 16.2 Å². The molecule has 0 saturated carbocycles. The van der Waals surface area contributed by atoms with Gasteiger partial charge >= 0.3 is 8.24 Å². The van der Waals surface area contributed by atoms with E-state index in [1.54, 1.807) is 0 Å². The van der Waals surface area contributed by atoms with Crippen molar-refractivity contribution in [1.82, 2.24) is 0 Å². The molecule has 0 fully saturated rings. The normalized spacial score (nSPS) is 11.6. The van der Waals surface area contributed by atoms with Gasteiger partial charge in [-0.15, -0.1) is 0 Å². The third kappa shape index (κ3) is 4.30. The van der Waals surface area contributed by atoms with Crippen molar-refractivity contribution >= 4 is 70.3 Å². The molecule has 7 aromatic rings. The van der Waals surface area contributed by atoms with Gasteiger partial charge in [0.1, 0.15) is 11.2 Å². The highest BCUT2D eigenvalue weighted by Crippen LogP contribution is 2.42. The van der Waals surface area contributed by atoms with E-state index in [1.165, 1.54) is 10.6 Å². The highest BCUT2D eigenvalue weighted by molar-refractivity contribution is 7.73. The van der Waals surface area contributed by atoms with Crippen molar-refractivity contribution in [2.75, 3.05) is 6.35 Å². The first-order valence-corrected chi connectivity index (χ1v) is 15.2. The summed E-state index contributed by atoms with van der Waals surface area (Å²) >= 11 is 0. The average molecular weight is 531 g/mol. The van der Waals surface area contributed by atoms with Crippen molar-refractivity contribution in [3.8, 4) is 0 Å². The minimum Gasteiger partial charge on any atom is -0.399 e. The molecule has 0 aliphatic carbocycles. The predicted octanol–water partition coefficient (Wildman–Crippen LogP) is 9.12. The van der Waals surface area contributed by atoms with Gasteiger partial charge in [0.2, 0.25) is 0 Å². The molecule has 7 rings (SSSR count). The number of rotatable bonds is 5. The van der Waals surface area contributed by atoms with E-state index >= 15 is 0 Å². The lowest BCUT2D eigenvalue weighted by Gasteiger charge is -2.17. The molecule has 38 heavy (non-hydrogen) atoms. The van der Waals surface area contributed by atoms with Crippen LogP contribution in [0.1, 0.15) is 0 Å². The summed E-state index contributed by atoms with van der Waals surface area (Å²) in [7, 11) is -2.42. The molecule has 3 nitrogen and oxygen atoms in total. The van der Waals surface area contributed by atoms with Crippen molar-refractivity contribution in [1.29, 1.82) is 0 Å². The Morgan fingerprint density at radius 2 is 0.947 bits per heavy atom. The minimum absolute atomic E-state index is 0.501. The van der Waals surface area contributed by atoms with Gasteiger partial charge in [0.15, 0.2) is 0 Å². The second-order valence-electron chi connectivity index (χ2n) is 9.08. The molecule has 0 N–H and O–H groups in total. The summed E-state index contributed by atoms with van der Waals surface area (Å²) in [5.74, 6) is 0. The Labute approximate surface area is 222 Å². The number of benzene rings is 6. The van der Waals surface area contributed by atoms with E-state index in [0.29, 0.717) is 6.35 Å². The van der Waals surface area contributed by atoms with E-state index in [1.807, 2.05) is 24.3 Å². The monoisotopic (exact) mass is 530 g/mol. The van der Waals surface area contributed by atoms with Crippen LogP contribution in [0, 0.1) is 0 Å². The van der Waals surface area contributed by atoms with E-state index in [9.17, 15) is 0 Å². The van der Waals surface area contributed by atoms with Gasteiger partial charge in [-0.3, -0.25) is 4.52 Å². The second kappa shape index (κ2) is 10.1. The van der Waals surface area contributed by atoms with E-state index in [4.69, 9.17) is 12.9 Å². The fraction of sp³-hybridized carbons (Fsp3) is 0.0303. The zero-order chi connectivity index (χ0) is 25.3. The quantitative estimate of drug-likeness (QED) is 0.208. The fourth-order valence-corrected chi connectivity index (χ4v) is 8.29. The predicted molar refractivity (Wildman–Crippen MR) is 162 cm³/mol. The molecule has 0 amide bonds. The van der Waals surface area contributed by atoms with Gasteiger partial charge in [0.05, 0.1) is 6.35 Å². The van der Waals surface area contributed by atoms with Crippen molar-refractivity contribution in [2.45, 2.75) is 0 Å². The van der Waals surface area contributed by atoms with Crippen LogP contribution in [0.2, 0.25) is 0 Å². The molecule has 0 bridgehead atoms. The number of fused-ring (bicyclic) bond motifs is 7. The number of hydrogen-bond donors (Lipinski definition) is 0. The highest BCUT2D eigenvalue weighted by atomic mass is 31.1. The van der Waals surface area contributed by atoms with E-state index in [-0.39, 0.29) is 0 Å². The van der Waals surface area contributed by atoms with Crippen LogP contribution < -0.4 is 15.1 Å². The fourth-order valence-electron chi connectivity index (χ4n) is 5.02. The van der Waals surface area contributed by atoms with Gasteiger partial charge < -0.3 is 8.39 Å². The van der Waals surface area contributed by atoms with Crippen molar-refractivity contribution in [3.05, 3.63) is 133 Å². The molecule has 5 heteroatoms. The Balaban J connectivity index is 1.43. The third-order valence-electron chi connectivity index (χ3n) is 6.81. The van der Waals surface area contributed by atoms with Gasteiger partial charge in [0, 0.05) is 10.8 Å². The number of hydrogen-bond acceptors (Lipinski definition) is 3. The SMILES string of the molecule is c1ccc(P(COp2oc3ccc4ccccc4c3c3c(ccc4ccccc43)o2)c2ccccc2)cc1. The zero-order valence-corrected chi connectivity index (χ0v) is 22.3. The molecule has 184 valence electrons. The maximum Gasteiger partial charge on any atom is 0.387 e. The summed E-state index contributed by atoms with van der Waals surface area (Å²) in [6.07, 6.45) is 0.501. The zero-order valence-electron chi connectivity index (χ0n) is 20.5. The first-order valence-electron chi connectivity index (χ1n) is 12.6. The van der Waals surface area contributed by atoms with Crippen LogP contribution in [0.15, 0.2) is 142 Å². The first kappa shape index (κ1) is 23.3. The molecule has 0 aliphatic rings. The van der Waals surface area contributed by atoms with Crippen LogP contribution in [0.25, 0.3) is 43.5 Å². The molecule has 0 atom stereocenters. The maximum absolute atomic E-state index is 6.55. The molecule has 0 saturated heterocycles. The maximum atomic E-state index is 6.55. The Morgan fingerprint density at radius 3 is 1.45 bits per heavy atom. The molecule has 0 aliphatic heterocycles. The van der Waals surface area contributed by atoms with Gasteiger partial charge in [-0.05, 0) is 52.2 Å². The molecule has 0 unspecified atom stereocenters. The lowest BCUT2D eigenvalue weighted by atomic mass is 9.99. The first-order chi connectivity index (χ1) is 18.8. The Morgan fingerprint density at radius 1 is 0.500 bits per heavy atom. The van der Waals surface area contributed by atoms with Crippen LogP contribution in [0.3, 0.4) is 0 Å². The second-order valence-corrected chi connectivity index (χ2v) is 12.3. The summed E-state index contributed by atoms with van der Waals surface area (Å²) in [6.45, 7) is 0. The Bertz CT molecular complexity index is 1800. The molecular weight excluding hydrogens is 506 g/mol. The largest absolute Gasteiger partial charge is 0.399 e. The molecule has 0 radical (unpaired) electrons. The van der Waals surface area contributed by atoms with Gasteiger partial charge in [0.25, 0.3) is 0 Å². The average Bonchev–Trinajstić information content (AvgIpc) is 3.15. The van der Waals surface area contributed by atoms with Crippen molar-refractivity contribution < 1.29 is 12.9 Å². The lowest BCUT2D eigenvalue weighted by Crippen LogP contribution is -2.15. The topological polar surface area (TPSA) is 35.5 Å². The van der Waals surface area contributed by atoms with E-state index in [0.717, 1.165) is 43.5 Å². The smallest absolute Gasteiger partial charge is 0.387 e. The van der Waals surface area contributed by atoms with Crippen molar-refractivity contribution in [3.63, 3.8) is 0 Å².